The summed E-state index contributed by atoms with van der Waals surface area (Å²) in [4.78, 5) is 66.6. The van der Waals surface area contributed by atoms with Crippen LogP contribution in [0.2, 0.25) is 0 Å². The lowest BCUT2D eigenvalue weighted by molar-refractivity contribution is -0.141. The Kier molecular flexibility index (Phi) is 11.6. The number of amides is 4. The molecule has 1 aromatic carbocycles. The van der Waals surface area contributed by atoms with E-state index in [2.05, 4.69) is 26.2 Å². The Bertz CT molecular complexity index is 1010. The van der Waals surface area contributed by atoms with Crippen LogP contribution in [0.1, 0.15) is 59.9 Å². The second-order valence-electron chi connectivity index (χ2n) is 11.9. The number of nitrogens with one attached hydrogen (secondary N) is 4. The monoisotopic (exact) mass is 543 g/mol. The van der Waals surface area contributed by atoms with E-state index in [9.17, 15) is 24.0 Å². The molecule has 1 heterocycles. The van der Waals surface area contributed by atoms with Crippen LogP contribution in [0.5, 0.6) is 0 Å². The summed E-state index contributed by atoms with van der Waals surface area (Å²) >= 11 is 0. The van der Waals surface area contributed by atoms with Gasteiger partial charge in [-0.25, -0.2) is 0 Å². The lowest BCUT2D eigenvalue weighted by Gasteiger charge is -2.34. The summed E-state index contributed by atoms with van der Waals surface area (Å²) in [7, 11) is 2.01. The molecule has 0 bridgehead atoms. The molecule has 0 aliphatic carbocycles. The zero-order valence-corrected chi connectivity index (χ0v) is 24.3. The van der Waals surface area contributed by atoms with Crippen LogP contribution in [0.3, 0.4) is 0 Å². The smallest absolute Gasteiger partial charge is 0.289 e. The molecule has 0 spiro atoms. The first-order valence-electron chi connectivity index (χ1n) is 13.7. The molecule has 10 heteroatoms. The molecule has 39 heavy (non-hydrogen) atoms. The summed E-state index contributed by atoms with van der Waals surface area (Å²) in [6.45, 7) is 12.3. The van der Waals surface area contributed by atoms with Gasteiger partial charge in [-0.1, -0.05) is 65.0 Å². The van der Waals surface area contributed by atoms with Crippen molar-refractivity contribution in [2.24, 2.45) is 17.3 Å². The fourth-order valence-corrected chi connectivity index (χ4v) is 4.39. The minimum absolute atomic E-state index is 0.162. The van der Waals surface area contributed by atoms with Gasteiger partial charge < -0.3 is 26.2 Å². The third-order valence-electron chi connectivity index (χ3n) is 7.02. The van der Waals surface area contributed by atoms with E-state index in [1.165, 1.54) is 6.92 Å². The van der Waals surface area contributed by atoms with Crippen LogP contribution in [0.15, 0.2) is 30.3 Å². The SMILES string of the molecule is CC(C)[C@H](NC(=O)[C@H](C)NC(=O)[C@@H](NC(=O)C1CCN(C)CC1)C(C)(C)C)C(=O)C(=O)NCc1ccccc1. The number of carbonyl (C=O) groups is 5. The van der Waals surface area contributed by atoms with Crippen LogP contribution in [0.4, 0.5) is 0 Å². The van der Waals surface area contributed by atoms with Crippen LogP contribution >= 0.6 is 0 Å². The van der Waals surface area contributed by atoms with Crippen molar-refractivity contribution in [1.82, 2.24) is 26.2 Å². The van der Waals surface area contributed by atoms with Crippen LogP contribution < -0.4 is 21.3 Å². The second-order valence-corrected chi connectivity index (χ2v) is 11.9. The fourth-order valence-electron chi connectivity index (χ4n) is 4.39. The van der Waals surface area contributed by atoms with Crippen LogP contribution in [-0.4, -0.2) is 72.6 Å². The van der Waals surface area contributed by atoms with Gasteiger partial charge in [-0.2, -0.15) is 0 Å². The van der Waals surface area contributed by atoms with E-state index in [4.69, 9.17) is 0 Å². The van der Waals surface area contributed by atoms with Crippen molar-refractivity contribution in [3.63, 3.8) is 0 Å². The van der Waals surface area contributed by atoms with Gasteiger partial charge in [0.15, 0.2) is 0 Å². The first-order chi connectivity index (χ1) is 18.2. The number of benzene rings is 1. The average molecular weight is 544 g/mol. The molecule has 1 fully saturated rings. The Morgan fingerprint density at radius 2 is 1.49 bits per heavy atom. The van der Waals surface area contributed by atoms with Crippen molar-refractivity contribution in [1.29, 1.82) is 0 Å². The molecule has 216 valence electrons. The van der Waals surface area contributed by atoms with Crippen LogP contribution in [0.25, 0.3) is 0 Å². The summed E-state index contributed by atoms with van der Waals surface area (Å²) in [5, 5.41) is 10.8. The maximum Gasteiger partial charge on any atom is 0.289 e. The van der Waals surface area contributed by atoms with Gasteiger partial charge in [0, 0.05) is 12.5 Å². The van der Waals surface area contributed by atoms with E-state index in [-0.39, 0.29) is 24.3 Å². The normalized spacial score (nSPS) is 17.0. The minimum atomic E-state index is -1.06. The van der Waals surface area contributed by atoms with Gasteiger partial charge in [0.05, 0.1) is 6.04 Å². The molecule has 0 unspecified atom stereocenters. The van der Waals surface area contributed by atoms with Crippen LogP contribution in [0, 0.1) is 17.3 Å². The molecule has 0 radical (unpaired) electrons. The Morgan fingerprint density at radius 1 is 0.897 bits per heavy atom. The number of hydrogen-bond acceptors (Lipinski definition) is 6. The molecule has 1 saturated heterocycles. The van der Waals surface area contributed by atoms with Crippen molar-refractivity contribution < 1.29 is 24.0 Å². The standard InChI is InChI=1S/C29H45N5O5/c1-18(2)22(23(35)27(38)30-17-20-11-9-8-10-12-20)32-25(36)19(3)31-28(39)24(29(4,5)6)33-26(37)21-13-15-34(7)16-14-21/h8-12,18-19,21-22,24H,13-17H2,1-7H3,(H,30,38)(H,31,39)(H,32,36)(H,33,37)/t19-,22-,24+/m0/s1. The summed E-state index contributed by atoms with van der Waals surface area (Å²) in [5.41, 5.74) is 0.241. The fraction of sp³-hybridized carbons (Fsp3) is 0.621. The maximum absolute atomic E-state index is 13.2. The van der Waals surface area contributed by atoms with Gasteiger partial charge in [-0.15, -0.1) is 0 Å². The Morgan fingerprint density at radius 3 is 2.03 bits per heavy atom. The lowest BCUT2D eigenvalue weighted by Crippen LogP contribution is -2.59. The Balaban J connectivity index is 1.98. The van der Waals surface area contributed by atoms with Gasteiger partial charge >= 0.3 is 0 Å². The maximum atomic E-state index is 13.2. The largest absolute Gasteiger partial charge is 0.345 e. The number of Topliss-reactive ketones (excluding diaryl/α,β-unsaturated/α-hetero) is 1. The van der Waals surface area contributed by atoms with Gasteiger partial charge in [0.1, 0.15) is 12.1 Å². The van der Waals surface area contributed by atoms with E-state index in [1.54, 1.807) is 13.8 Å². The van der Waals surface area contributed by atoms with E-state index in [0.29, 0.717) is 0 Å². The van der Waals surface area contributed by atoms with Gasteiger partial charge in [0.25, 0.3) is 5.91 Å². The molecule has 1 aliphatic rings. The molecule has 4 N–H and O–H groups in total. The van der Waals surface area contributed by atoms with Crippen molar-refractivity contribution >= 4 is 29.4 Å². The van der Waals surface area contributed by atoms with Crippen molar-refractivity contribution in [3.05, 3.63) is 35.9 Å². The predicted molar refractivity (Wildman–Crippen MR) is 149 cm³/mol. The van der Waals surface area contributed by atoms with Gasteiger partial charge in [-0.05, 0) is 56.8 Å². The van der Waals surface area contributed by atoms with Crippen LogP contribution in [-0.2, 0) is 30.5 Å². The lowest BCUT2D eigenvalue weighted by atomic mass is 9.85. The van der Waals surface area contributed by atoms with E-state index in [1.807, 2.05) is 58.2 Å². The van der Waals surface area contributed by atoms with Gasteiger partial charge in [-0.3, -0.25) is 24.0 Å². The molecule has 1 aromatic rings. The number of nitrogens with zero attached hydrogens (tertiary/aromatic N) is 1. The third-order valence-corrected chi connectivity index (χ3v) is 7.02. The van der Waals surface area contributed by atoms with Crippen molar-refractivity contribution in [3.8, 4) is 0 Å². The average Bonchev–Trinajstić information content (AvgIpc) is 2.88. The summed E-state index contributed by atoms with van der Waals surface area (Å²) in [6.07, 6.45) is 1.45. The Hall–Kier alpha value is -3.27. The van der Waals surface area contributed by atoms with E-state index in [0.717, 1.165) is 31.5 Å². The minimum Gasteiger partial charge on any atom is -0.345 e. The Labute approximate surface area is 232 Å². The number of piperidine rings is 1. The van der Waals surface area contributed by atoms with E-state index >= 15 is 0 Å². The number of hydrogen-bond donors (Lipinski definition) is 4. The number of rotatable bonds is 11. The second kappa shape index (κ2) is 14.2. The van der Waals surface area contributed by atoms with Crippen molar-refractivity contribution in [2.45, 2.75) is 79.1 Å². The molecule has 0 saturated carbocycles. The molecule has 10 nitrogen and oxygen atoms in total. The predicted octanol–water partition coefficient (Wildman–Crippen LogP) is 1.39. The highest BCUT2D eigenvalue weighted by atomic mass is 16.2. The summed E-state index contributed by atoms with van der Waals surface area (Å²) in [5.74, 6) is -3.32. The zero-order chi connectivity index (χ0) is 29.3. The third kappa shape index (κ3) is 9.76. The summed E-state index contributed by atoms with van der Waals surface area (Å²) in [6, 6.07) is 6.27. The molecule has 0 aromatic heterocycles. The first-order valence-corrected chi connectivity index (χ1v) is 13.7. The highest BCUT2D eigenvalue weighted by Crippen LogP contribution is 2.22. The number of likely N-dealkylation sites (tertiary alicyclic amines) is 1. The topological polar surface area (TPSA) is 137 Å². The number of ketones is 1. The molecule has 1 aliphatic heterocycles. The molecule has 2 rings (SSSR count). The molecular weight excluding hydrogens is 498 g/mol. The van der Waals surface area contributed by atoms with Crippen molar-refractivity contribution in [2.75, 3.05) is 20.1 Å². The summed E-state index contributed by atoms with van der Waals surface area (Å²) < 4.78 is 0. The first kappa shape index (κ1) is 31.9. The molecular formula is C29H45N5O5. The molecule has 4 amide bonds. The quantitative estimate of drug-likeness (QED) is 0.312. The molecule has 3 atom stereocenters. The van der Waals surface area contributed by atoms with Gasteiger partial charge in [0.2, 0.25) is 23.5 Å². The highest BCUT2D eigenvalue weighted by molar-refractivity contribution is 6.38. The zero-order valence-electron chi connectivity index (χ0n) is 24.3. The highest BCUT2D eigenvalue weighted by Gasteiger charge is 2.37. The number of carbonyl (C=O) groups excluding carboxylic acids is 5. The van der Waals surface area contributed by atoms with E-state index < -0.39 is 47.0 Å².